The van der Waals surface area contributed by atoms with Gasteiger partial charge in [-0.05, 0) is 17.5 Å². The van der Waals surface area contributed by atoms with Crippen molar-refractivity contribution in [3.63, 3.8) is 0 Å². The molecule has 2 rings (SSSR count). The molecule has 0 radical (unpaired) electrons. The Hall–Kier alpha value is -1.88. The fourth-order valence-electron chi connectivity index (χ4n) is 1.98. The van der Waals surface area contributed by atoms with Crippen molar-refractivity contribution >= 4 is 16.6 Å². The highest BCUT2D eigenvalue weighted by molar-refractivity contribution is 6.08. The van der Waals surface area contributed by atoms with Gasteiger partial charge in [0.2, 0.25) is 0 Å². The molecule has 0 fully saturated rings. The van der Waals surface area contributed by atoms with Crippen LogP contribution in [0.4, 0.5) is 13.2 Å². The van der Waals surface area contributed by atoms with Gasteiger partial charge in [-0.3, -0.25) is 4.79 Å². The summed E-state index contributed by atoms with van der Waals surface area (Å²) in [5.41, 5.74) is 0.377. The zero-order valence-electron chi connectivity index (χ0n) is 10.6. The summed E-state index contributed by atoms with van der Waals surface area (Å²) in [5, 5.41) is 0.887. The van der Waals surface area contributed by atoms with Crippen LogP contribution in [0.15, 0.2) is 36.4 Å². The lowest BCUT2D eigenvalue weighted by Crippen LogP contribution is -2.10. The normalized spacial score (nSPS) is 11.2. The molecule has 0 heterocycles. The molecule has 0 aromatic heterocycles. The molecular weight excluding hydrogens is 269 g/mol. The monoisotopic (exact) mass is 282 g/mol. The van der Waals surface area contributed by atoms with Crippen LogP contribution in [0.3, 0.4) is 0 Å². The van der Waals surface area contributed by atoms with Crippen LogP contribution in [0.1, 0.15) is 16.8 Å². The van der Waals surface area contributed by atoms with E-state index in [4.69, 9.17) is 0 Å². The molecule has 2 aromatic carbocycles. The number of carbonyl (C=O) groups excluding carboxylic acids is 1. The van der Waals surface area contributed by atoms with Gasteiger partial charge in [0.1, 0.15) is 12.4 Å². The van der Waals surface area contributed by atoms with E-state index in [2.05, 4.69) is 4.74 Å². The predicted octanol–water partition coefficient (Wildman–Crippen LogP) is 3.83. The zero-order valence-corrected chi connectivity index (χ0v) is 10.6. The molecule has 0 spiro atoms. The fraction of sp³-hybridized carbons (Fsp3) is 0.267. The van der Waals surface area contributed by atoms with E-state index in [0.717, 1.165) is 0 Å². The predicted molar refractivity (Wildman–Crippen MR) is 69.7 cm³/mol. The van der Waals surface area contributed by atoms with E-state index in [1.165, 1.54) is 12.1 Å². The van der Waals surface area contributed by atoms with Crippen LogP contribution in [-0.4, -0.2) is 25.4 Å². The summed E-state index contributed by atoms with van der Waals surface area (Å²) in [7, 11) is 0. The molecule has 106 valence electrons. The van der Waals surface area contributed by atoms with Gasteiger partial charge in [-0.1, -0.05) is 24.3 Å². The number of halogens is 3. The Kier molecular flexibility index (Phi) is 4.74. The van der Waals surface area contributed by atoms with Crippen molar-refractivity contribution in [1.29, 1.82) is 0 Å². The minimum Gasteiger partial charge on any atom is -0.375 e. The maximum atomic E-state index is 13.6. The van der Waals surface area contributed by atoms with E-state index >= 15 is 0 Å². The summed E-state index contributed by atoms with van der Waals surface area (Å²) in [4.78, 5) is 12.0. The van der Waals surface area contributed by atoms with E-state index in [1.807, 2.05) is 0 Å². The third-order valence-corrected chi connectivity index (χ3v) is 2.89. The number of rotatable bonds is 6. The lowest BCUT2D eigenvalue weighted by atomic mass is 10.00. The van der Waals surface area contributed by atoms with Crippen LogP contribution in [-0.2, 0) is 4.74 Å². The molecule has 0 N–H and O–H groups in total. The molecule has 0 amide bonds. The van der Waals surface area contributed by atoms with Gasteiger partial charge < -0.3 is 4.74 Å². The molecule has 0 unspecified atom stereocenters. The first-order valence-corrected chi connectivity index (χ1v) is 6.16. The first-order chi connectivity index (χ1) is 9.59. The molecule has 0 atom stereocenters. The highest BCUT2D eigenvalue weighted by atomic mass is 19.3. The standard InChI is InChI=1S/C15H13F3O2/c16-13-6-5-12(10-3-1-2-4-11(10)13)14(19)7-8-20-9-15(17)18/h1-6,15H,7-9H2. The Morgan fingerprint density at radius 3 is 2.50 bits per heavy atom. The molecule has 0 saturated heterocycles. The number of ether oxygens (including phenoxy) is 1. The average molecular weight is 282 g/mol. The van der Waals surface area contributed by atoms with Crippen LogP contribution in [0.2, 0.25) is 0 Å². The lowest BCUT2D eigenvalue weighted by Gasteiger charge is -2.07. The van der Waals surface area contributed by atoms with Crippen LogP contribution in [0.25, 0.3) is 10.8 Å². The molecule has 0 aliphatic heterocycles. The molecule has 0 bridgehead atoms. The number of carbonyl (C=O) groups is 1. The molecular formula is C15H13F3O2. The number of fused-ring (bicyclic) bond motifs is 1. The molecule has 0 saturated carbocycles. The molecule has 5 heteroatoms. The van der Waals surface area contributed by atoms with Gasteiger partial charge in [-0.15, -0.1) is 0 Å². The van der Waals surface area contributed by atoms with Crippen LogP contribution >= 0.6 is 0 Å². The van der Waals surface area contributed by atoms with Crippen molar-refractivity contribution in [3.05, 3.63) is 47.8 Å². The number of benzene rings is 2. The Labute approximate surface area is 114 Å². The quantitative estimate of drug-likeness (QED) is 0.594. The lowest BCUT2D eigenvalue weighted by molar-refractivity contribution is 0.0170. The van der Waals surface area contributed by atoms with Gasteiger partial charge in [0.25, 0.3) is 6.43 Å². The highest BCUT2D eigenvalue weighted by Crippen LogP contribution is 2.22. The van der Waals surface area contributed by atoms with E-state index in [1.54, 1.807) is 24.3 Å². The number of Topliss-reactive ketones (excluding diaryl/α,β-unsaturated/α-hetero) is 1. The average Bonchev–Trinajstić information content (AvgIpc) is 2.44. The summed E-state index contributed by atoms with van der Waals surface area (Å²) in [6.07, 6.45) is -2.56. The SMILES string of the molecule is O=C(CCOCC(F)F)c1ccc(F)c2ccccc12. The van der Waals surface area contributed by atoms with Gasteiger partial charge in [0.15, 0.2) is 5.78 Å². The molecule has 2 nitrogen and oxygen atoms in total. The van der Waals surface area contributed by atoms with Crippen LogP contribution < -0.4 is 0 Å². The van der Waals surface area contributed by atoms with Crippen molar-refractivity contribution in [1.82, 2.24) is 0 Å². The van der Waals surface area contributed by atoms with Gasteiger partial charge in [-0.2, -0.15) is 0 Å². The second kappa shape index (κ2) is 6.52. The molecule has 0 aliphatic rings. The van der Waals surface area contributed by atoms with Gasteiger partial charge in [-0.25, -0.2) is 13.2 Å². The van der Waals surface area contributed by atoms with E-state index in [-0.39, 0.29) is 18.8 Å². The number of hydrogen-bond acceptors (Lipinski definition) is 2. The smallest absolute Gasteiger partial charge is 0.261 e. The maximum absolute atomic E-state index is 13.6. The minimum atomic E-state index is -2.54. The van der Waals surface area contributed by atoms with Gasteiger partial charge in [0, 0.05) is 17.4 Å². The highest BCUT2D eigenvalue weighted by Gasteiger charge is 2.12. The van der Waals surface area contributed by atoms with Gasteiger partial charge in [0.05, 0.1) is 6.61 Å². The van der Waals surface area contributed by atoms with E-state index in [0.29, 0.717) is 16.3 Å². The maximum Gasteiger partial charge on any atom is 0.261 e. The van der Waals surface area contributed by atoms with Gasteiger partial charge >= 0.3 is 0 Å². The Bertz CT molecular complexity index is 611. The summed E-state index contributed by atoms with van der Waals surface area (Å²) in [5.74, 6) is -0.651. The molecule has 20 heavy (non-hydrogen) atoms. The minimum absolute atomic E-state index is 0.0116. The van der Waals surface area contributed by atoms with Crippen molar-refractivity contribution in [3.8, 4) is 0 Å². The molecule has 2 aromatic rings. The Morgan fingerprint density at radius 1 is 1.10 bits per heavy atom. The van der Waals surface area contributed by atoms with Crippen molar-refractivity contribution in [2.24, 2.45) is 0 Å². The summed E-state index contributed by atoms with van der Waals surface area (Å²) < 4.78 is 42.1. The fourth-order valence-corrected chi connectivity index (χ4v) is 1.98. The summed E-state index contributed by atoms with van der Waals surface area (Å²) >= 11 is 0. The summed E-state index contributed by atoms with van der Waals surface area (Å²) in [6, 6.07) is 9.29. The van der Waals surface area contributed by atoms with Crippen molar-refractivity contribution < 1.29 is 22.7 Å². The Morgan fingerprint density at radius 2 is 1.80 bits per heavy atom. The third kappa shape index (κ3) is 3.36. The Balaban J connectivity index is 2.12. The number of alkyl halides is 2. The number of hydrogen-bond donors (Lipinski definition) is 0. The topological polar surface area (TPSA) is 26.3 Å². The van der Waals surface area contributed by atoms with E-state index < -0.39 is 18.8 Å². The van der Waals surface area contributed by atoms with Crippen LogP contribution in [0.5, 0.6) is 0 Å². The number of ketones is 1. The first-order valence-electron chi connectivity index (χ1n) is 6.16. The zero-order chi connectivity index (χ0) is 14.5. The summed E-state index contributed by atoms with van der Waals surface area (Å²) in [6.45, 7) is -0.758. The van der Waals surface area contributed by atoms with Crippen LogP contribution in [0, 0.1) is 5.82 Å². The second-order valence-electron chi connectivity index (χ2n) is 4.28. The van der Waals surface area contributed by atoms with Crippen molar-refractivity contribution in [2.75, 3.05) is 13.2 Å². The molecule has 0 aliphatic carbocycles. The second-order valence-corrected chi connectivity index (χ2v) is 4.28. The third-order valence-electron chi connectivity index (χ3n) is 2.89. The van der Waals surface area contributed by atoms with Crippen molar-refractivity contribution in [2.45, 2.75) is 12.8 Å². The largest absolute Gasteiger partial charge is 0.375 e. The first kappa shape index (κ1) is 14.5. The van der Waals surface area contributed by atoms with E-state index in [9.17, 15) is 18.0 Å².